The maximum Gasteiger partial charge on any atom is 0.293 e. The van der Waals surface area contributed by atoms with E-state index in [9.17, 15) is 4.79 Å². The van der Waals surface area contributed by atoms with Crippen LogP contribution in [0.4, 0.5) is 0 Å². The van der Waals surface area contributed by atoms with Gasteiger partial charge in [0.2, 0.25) is 5.82 Å². The van der Waals surface area contributed by atoms with Crippen LogP contribution < -0.4 is 5.32 Å². The highest BCUT2D eigenvalue weighted by Crippen LogP contribution is 2.21. The largest absolute Gasteiger partial charge is 0.331 e. The Balaban J connectivity index is 1.96. The van der Waals surface area contributed by atoms with Crippen LogP contribution in [0.5, 0.6) is 0 Å². The van der Waals surface area contributed by atoms with E-state index in [0.717, 1.165) is 24.6 Å². The molecule has 2 aromatic rings. The van der Waals surface area contributed by atoms with Crippen molar-refractivity contribution < 1.29 is 4.79 Å². The fourth-order valence-electron chi connectivity index (χ4n) is 2.75. The molecule has 7 heteroatoms. The lowest BCUT2D eigenvalue weighted by Crippen LogP contribution is -2.52. The van der Waals surface area contributed by atoms with Gasteiger partial charge in [0, 0.05) is 32.1 Å². The van der Waals surface area contributed by atoms with Crippen LogP contribution in [0.2, 0.25) is 5.02 Å². The smallest absolute Gasteiger partial charge is 0.293 e. The van der Waals surface area contributed by atoms with Crippen molar-refractivity contribution in [3.8, 4) is 5.69 Å². The third-order valence-electron chi connectivity index (χ3n) is 4.02. The SMILES string of the molecule is CCc1nc(C(=O)N2CCNC[C@@H]2C)nn1-c1ccccc1Cl. The van der Waals surface area contributed by atoms with Gasteiger partial charge in [-0.2, -0.15) is 0 Å². The van der Waals surface area contributed by atoms with Gasteiger partial charge in [0.1, 0.15) is 5.82 Å². The quantitative estimate of drug-likeness (QED) is 0.932. The molecule has 3 rings (SSSR count). The van der Waals surface area contributed by atoms with Gasteiger partial charge in [0.15, 0.2) is 0 Å². The molecule has 1 aromatic heterocycles. The number of rotatable bonds is 3. The number of para-hydroxylation sites is 1. The van der Waals surface area contributed by atoms with Crippen molar-refractivity contribution in [3.05, 3.63) is 40.9 Å². The molecule has 1 N–H and O–H groups in total. The van der Waals surface area contributed by atoms with Gasteiger partial charge in [-0.15, -0.1) is 5.10 Å². The van der Waals surface area contributed by atoms with E-state index in [1.165, 1.54) is 0 Å². The van der Waals surface area contributed by atoms with E-state index in [0.29, 0.717) is 18.0 Å². The number of aryl methyl sites for hydroxylation is 1. The van der Waals surface area contributed by atoms with E-state index in [2.05, 4.69) is 15.4 Å². The number of aromatic nitrogens is 3. The number of benzene rings is 1. The van der Waals surface area contributed by atoms with Crippen LogP contribution >= 0.6 is 11.6 Å². The fourth-order valence-corrected chi connectivity index (χ4v) is 2.97. The normalized spacial score (nSPS) is 18.2. The Hall–Kier alpha value is -1.92. The molecular weight excluding hydrogens is 314 g/mol. The average molecular weight is 334 g/mol. The molecule has 1 aliphatic heterocycles. The molecule has 0 unspecified atom stereocenters. The minimum atomic E-state index is -0.125. The number of hydrogen-bond donors (Lipinski definition) is 1. The molecule has 6 nitrogen and oxygen atoms in total. The molecule has 1 saturated heterocycles. The molecule has 2 heterocycles. The van der Waals surface area contributed by atoms with Crippen molar-refractivity contribution in [3.63, 3.8) is 0 Å². The van der Waals surface area contributed by atoms with E-state index >= 15 is 0 Å². The molecule has 0 aliphatic carbocycles. The number of halogens is 1. The summed E-state index contributed by atoms with van der Waals surface area (Å²) in [5, 5.41) is 8.29. The molecule has 23 heavy (non-hydrogen) atoms. The van der Waals surface area contributed by atoms with Crippen LogP contribution in [0.1, 0.15) is 30.3 Å². The number of nitrogens with one attached hydrogen (secondary N) is 1. The molecule has 1 aromatic carbocycles. The van der Waals surface area contributed by atoms with Crippen LogP contribution in [0.25, 0.3) is 5.69 Å². The maximum atomic E-state index is 12.7. The van der Waals surface area contributed by atoms with Crippen molar-refractivity contribution in [2.45, 2.75) is 26.3 Å². The summed E-state index contributed by atoms with van der Waals surface area (Å²) in [6.07, 6.45) is 0.669. The summed E-state index contributed by atoms with van der Waals surface area (Å²) in [4.78, 5) is 19.0. The molecule has 0 bridgehead atoms. The summed E-state index contributed by atoms with van der Waals surface area (Å²) in [7, 11) is 0. The zero-order valence-electron chi connectivity index (χ0n) is 13.3. The summed E-state index contributed by atoms with van der Waals surface area (Å²) in [5.41, 5.74) is 0.742. The van der Waals surface area contributed by atoms with E-state index in [-0.39, 0.29) is 17.8 Å². The Bertz CT molecular complexity index is 714. The average Bonchev–Trinajstić information content (AvgIpc) is 2.99. The standard InChI is InChI=1S/C16H20ClN5O/c1-3-14-19-15(16(23)21-9-8-18-10-11(21)2)20-22(14)13-7-5-4-6-12(13)17/h4-7,11,18H,3,8-10H2,1-2H3/t11-/m0/s1. The molecule has 1 amide bonds. The Morgan fingerprint density at radius 3 is 2.91 bits per heavy atom. The summed E-state index contributed by atoms with van der Waals surface area (Å²) < 4.78 is 1.67. The summed E-state index contributed by atoms with van der Waals surface area (Å²) in [5.74, 6) is 0.833. The van der Waals surface area contributed by atoms with Crippen molar-refractivity contribution >= 4 is 17.5 Å². The molecular formula is C16H20ClN5O. The lowest BCUT2D eigenvalue weighted by molar-refractivity contribution is 0.0643. The highest BCUT2D eigenvalue weighted by molar-refractivity contribution is 6.32. The minimum absolute atomic E-state index is 0.125. The summed E-state index contributed by atoms with van der Waals surface area (Å²) >= 11 is 6.26. The first-order valence-electron chi connectivity index (χ1n) is 7.84. The molecule has 1 aliphatic rings. The van der Waals surface area contributed by atoms with Crippen LogP contribution in [-0.4, -0.2) is 51.2 Å². The van der Waals surface area contributed by atoms with Crippen molar-refractivity contribution in [2.24, 2.45) is 0 Å². The second kappa shape index (κ2) is 6.68. The molecule has 122 valence electrons. The van der Waals surface area contributed by atoms with Crippen LogP contribution in [0, 0.1) is 0 Å². The molecule has 0 saturated carbocycles. The second-order valence-corrected chi connectivity index (χ2v) is 6.03. The van der Waals surface area contributed by atoms with Gasteiger partial charge in [-0.3, -0.25) is 4.79 Å². The number of carbonyl (C=O) groups is 1. The zero-order chi connectivity index (χ0) is 16.4. The number of amides is 1. The van der Waals surface area contributed by atoms with E-state index in [1.54, 1.807) is 10.7 Å². The Morgan fingerprint density at radius 2 is 2.22 bits per heavy atom. The lowest BCUT2D eigenvalue weighted by Gasteiger charge is -2.33. The summed E-state index contributed by atoms with van der Waals surface area (Å²) in [6.45, 7) is 6.26. The number of hydrogen-bond acceptors (Lipinski definition) is 4. The van der Waals surface area contributed by atoms with Gasteiger partial charge >= 0.3 is 0 Å². The number of carbonyl (C=O) groups excluding carboxylic acids is 1. The topological polar surface area (TPSA) is 63.1 Å². The van der Waals surface area contributed by atoms with Gasteiger partial charge < -0.3 is 10.2 Å². The first-order valence-corrected chi connectivity index (χ1v) is 8.22. The van der Waals surface area contributed by atoms with Crippen LogP contribution in [0.3, 0.4) is 0 Å². The zero-order valence-corrected chi connectivity index (χ0v) is 14.0. The Labute approximate surface area is 140 Å². The van der Waals surface area contributed by atoms with E-state index < -0.39 is 0 Å². The monoisotopic (exact) mass is 333 g/mol. The van der Waals surface area contributed by atoms with Gasteiger partial charge in [0.05, 0.1) is 10.7 Å². The van der Waals surface area contributed by atoms with Gasteiger partial charge in [-0.25, -0.2) is 9.67 Å². The van der Waals surface area contributed by atoms with Crippen molar-refractivity contribution in [1.29, 1.82) is 0 Å². The maximum absolute atomic E-state index is 12.7. The van der Waals surface area contributed by atoms with E-state index in [4.69, 9.17) is 11.6 Å². The number of piperazine rings is 1. The highest BCUT2D eigenvalue weighted by atomic mass is 35.5. The third-order valence-corrected chi connectivity index (χ3v) is 4.34. The van der Waals surface area contributed by atoms with Crippen molar-refractivity contribution in [2.75, 3.05) is 19.6 Å². The van der Waals surface area contributed by atoms with Gasteiger partial charge in [-0.05, 0) is 19.1 Å². The van der Waals surface area contributed by atoms with E-state index in [1.807, 2.05) is 36.9 Å². The molecule has 0 spiro atoms. The molecule has 1 atom stereocenters. The third kappa shape index (κ3) is 3.09. The summed E-state index contributed by atoms with van der Waals surface area (Å²) in [6, 6.07) is 7.56. The second-order valence-electron chi connectivity index (χ2n) is 5.62. The van der Waals surface area contributed by atoms with Crippen LogP contribution in [-0.2, 0) is 6.42 Å². The van der Waals surface area contributed by atoms with Gasteiger partial charge in [-0.1, -0.05) is 30.7 Å². The minimum Gasteiger partial charge on any atom is -0.331 e. The number of nitrogens with zero attached hydrogens (tertiary/aromatic N) is 4. The Morgan fingerprint density at radius 1 is 1.43 bits per heavy atom. The van der Waals surface area contributed by atoms with Crippen molar-refractivity contribution in [1.82, 2.24) is 25.0 Å². The molecule has 0 radical (unpaired) electrons. The first-order chi connectivity index (χ1) is 11.1. The Kier molecular flexibility index (Phi) is 4.63. The van der Waals surface area contributed by atoms with Gasteiger partial charge in [0.25, 0.3) is 5.91 Å². The predicted molar refractivity (Wildman–Crippen MR) is 89.1 cm³/mol. The highest BCUT2D eigenvalue weighted by Gasteiger charge is 2.28. The lowest BCUT2D eigenvalue weighted by atomic mass is 10.2. The fraction of sp³-hybridized carbons (Fsp3) is 0.438. The first kappa shape index (κ1) is 16.0. The molecule has 1 fully saturated rings. The predicted octanol–water partition coefficient (Wildman–Crippen LogP) is 1.92. The van der Waals surface area contributed by atoms with Crippen LogP contribution in [0.15, 0.2) is 24.3 Å².